The number of halogens is 2. The molecule has 0 saturated heterocycles. The molecule has 0 aliphatic carbocycles. The number of rotatable bonds is 4. The van der Waals surface area contributed by atoms with Crippen LogP contribution in [0.2, 0.25) is 0 Å². The first-order chi connectivity index (χ1) is 10.2. The summed E-state index contributed by atoms with van der Waals surface area (Å²) in [7, 11) is -4.71. The van der Waals surface area contributed by atoms with Crippen LogP contribution in [0.15, 0.2) is 46.9 Å². The average Bonchev–Trinajstić information content (AvgIpc) is 2.39. The zero-order chi connectivity index (χ0) is 16.5. The molecule has 2 aromatic carbocycles. The molecule has 22 heavy (non-hydrogen) atoms. The van der Waals surface area contributed by atoms with Gasteiger partial charge in [-0.05, 0) is 42.5 Å². The molecule has 2 rings (SSSR count). The Kier molecular flexibility index (Phi) is 4.50. The second kappa shape index (κ2) is 6.03. The van der Waals surface area contributed by atoms with Crippen molar-refractivity contribution in [2.45, 2.75) is 0 Å². The number of carbonyl (C=O) groups excluding carboxylic acids is 1. The molecule has 0 heterocycles. The molecule has 0 aromatic heterocycles. The number of hydrogen-bond acceptors (Lipinski definition) is 3. The quantitative estimate of drug-likeness (QED) is 0.785. The molecule has 6 nitrogen and oxygen atoms in total. The van der Waals surface area contributed by atoms with E-state index < -0.39 is 22.0 Å². The lowest BCUT2D eigenvalue weighted by Gasteiger charge is -2.21. The molecule has 0 fully saturated rings. The number of carbonyl (C=O) groups is 1. The summed E-state index contributed by atoms with van der Waals surface area (Å²) < 4.78 is 46.7. The first-order valence-corrected chi connectivity index (χ1v) is 8.01. The summed E-state index contributed by atoms with van der Waals surface area (Å²) in [6.07, 6.45) is 0. The van der Waals surface area contributed by atoms with Gasteiger partial charge in [0.25, 0.3) is 0 Å². The predicted molar refractivity (Wildman–Crippen MR) is 82.7 cm³/mol. The van der Waals surface area contributed by atoms with E-state index in [0.717, 1.165) is 12.1 Å². The molecule has 0 unspecified atom stereocenters. The number of amides is 1. The molecule has 0 bridgehead atoms. The van der Waals surface area contributed by atoms with Crippen molar-refractivity contribution in [3.8, 4) is 0 Å². The van der Waals surface area contributed by atoms with Crippen LogP contribution >= 0.6 is 15.9 Å². The van der Waals surface area contributed by atoms with E-state index in [1.165, 1.54) is 30.3 Å². The van der Waals surface area contributed by atoms with E-state index in [-0.39, 0.29) is 16.9 Å². The minimum atomic E-state index is -4.71. The number of hydrogen-bond donors (Lipinski definition) is 2. The van der Waals surface area contributed by atoms with Gasteiger partial charge in [0.05, 0.1) is 11.4 Å². The Morgan fingerprint density at radius 3 is 2.23 bits per heavy atom. The second-order valence-electron chi connectivity index (χ2n) is 4.28. The third kappa shape index (κ3) is 3.62. The van der Waals surface area contributed by atoms with Crippen LogP contribution < -0.4 is 10.0 Å². The fourth-order valence-electron chi connectivity index (χ4n) is 1.83. The van der Waals surface area contributed by atoms with E-state index in [1.807, 2.05) is 0 Å². The molecule has 0 spiro atoms. The van der Waals surface area contributed by atoms with Crippen LogP contribution in [0.3, 0.4) is 0 Å². The largest absolute Gasteiger partial charge is 0.366 e. The van der Waals surface area contributed by atoms with Crippen LogP contribution in [0, 0.1) is 5.82 Å². The van der Waals surface area contributed by atoms with E-state index in [4.69, 9.17) is 5.73 Å². The van der Waals surface area contributed by atoms with Crippen molar-refractivity contribution in [3.63, 3.8) is 0 Å². The summed E-state index contributed by atoms with van der Waals surface area (Å²) in [6.45, 7) is 0. The molecule has 0 aliphatic rings. The zero-order valence-corrected chi connectivity index (χ0v) is 13.3. The van der Waals surface area contributed by atoms with Crippen molar-refractivity contribution in [1.82, 2.24) is 0 Å². The van der Waals surface area contributed by atoms with Crippen LogP contribution in [-0.2, 0) is 10.3 Å². The van der Waals surface area contributed by atoms with Crippen LogP contribution in [0.5, 0.6) is 0 Å². The monoisotopic (exact) mass is 388 g/mol. The molecular formula is C13H10BrFN2O4S. The maximum atomic E-state index is 13.0. The zero-order valence-electron chi connectivity index (χ0n) is 10.9. The van der Waals surface area contributed by atoms with Gasteiger partial charge in [0.2, 0.25) is 5.91 Å². The molecule has 3 N–H and O–H groups in total. The molecule has 2 aromatic rings. The highest BCUT2D eigenvalue weighted by Gasteiger charge is 2.23. The summed E-state index contributed by atoms with van der Waals surface area (Å²) >= 11 is 3.13. The van der Waals surface area contributed by atoms with Gasteiger partial charge in [0, 0.05) is 10.0 Å². The highest BCUT2D eigenvalue weighted by Crippen LogP contribution is 2.31. The third-order valence-electron chi connectivity index (χ3n) is 2.69. The van der Waals surface area contributed by atoms with Gasteiger partial charge >= 0.3 is 10.3 Å². The molecule has 0 aliphatic heterocycles. The van der Waals surface area contributed by atoms with Gasteiger partial charge in [-0.15, -0.1) is 0 Å². The Hall–Kier alpha value is -1.97. The normalized spacial score (nSPS) is 11.2. The number of anilines is 2. The fourth-order valence-corrected chi connectivity index (χ4v) is 3.07. The van der Waals surface area contributed by atoms with Gasteiger partial charge in [-0.1, -0.05) is 15.9 Å². The lowest BCUT2D eigenvalue weighted by molar-refractivity contribution is 0.1000. The van der Waals surface area contributed by atoms with Crippen molar-refractivity contribution in [2.24, 2.45) is 5.73 Å². The summed E-state index contributed by atoms with van der Waals surface area (Å²) in [5.41, 5.74) is 5.19. The second-order valence-corrected chi connectivity index (χ2v) is 6.46. The Morgan fingerprint density at radius 1 is 1.14 bits per heavy atom. The Morgan fingerprint density at radius 2 is 1.73 bits per heavy atom. The van der Waals surface area contributed by atoms with Gasteiger partial charge in [0.1, 0.15) is 5.82 Å². The van der Waals surface area contributed by atoms with E-state index in [2.05, 4.69) is 15.9 Å². The van der Waals surface area contributed by atoms with Crippen molar-refractivity contribution in [1.29, 1.82) is 0 Å². The molecular weight excluding hydrogens is 379 g/mol. The summed E-state index contributed by atoms with van der Waals surface area (Å²) in [5.74, 6) is -1.33. The highest BCUT2D eigenvalue weighted by molar-refractivity contribution is 9.10. The average molecular weight is 389 g/mol. The van der Waals surface area contributed by atoms with Crippen LogP contribution in [0.25, 0.3) is 0 Å². The third-order valence-corrected chi connectivity index (χ3v) is 4.03. The molecule has 9 heteroatoms. The van der Waals surface area contributed by atoms with Crippen molar-refractivity contribution < 1.29 is 22.2 Å². The van der Waals surface area contributed by atoms with E-state index in [0.29, 0.717) is 8.78 Å². The summed E-state index contributed by atoms with van der Waals surface area (Å²) in [5, 5.41) is 0. The fraction of sp³-hybridized carbons (Fsp3) is 0. The van der Waals surface area contributed by atoms with Gasteiger partial charge in [-0.3, -0.25) is 9.35 Å². The number of primary amides is 1. The van der Waals surface area contributed by atoms with Gasteiger partial charge in [-0.25, -0.2) is 8.70 Å². The summed E-state index contributed by atoms with van der Waals surface area (Å²) in [4.78, 5) is 11.3. The van der Waals surface area contributed by atoms with Gasteiger partial charge in [-0.2, -0.15) is 8.42 Å². The number of nitrogens with two attached hydrogens (primary N) is 1. The van der Waals surface area contributed by atoms with Gasteiger partial charge < -0.3 is 5.73 Å². The van der Waals surface area contributed by atoms with Gasteiger partial charge in [0.15, 0.2) is 0 Å². The summed E-state index contributed by atoms with van der Waals surface area (Å²) in [6, 6.07) is 8.40. The first-order valence-electron chi connectivity index (χ1n) is 5.82. The minimum absolute atomic E-state index is 0.00239. The maximum absolute atomic E-state index is 13.0. The predicted octanol–water partition coefficient (Wildman–Crippen LogP) is 2.63. The van der Waals surface area contributed by atoms with Crippen LogP contribution in [0.1, 0.15) is 10.4 Å². The SMILES string of the molecule is NC(=O)c1cc(Br)cc(N(c2ccc(F)cc2)S(=O)(=O)O)c1. The van der Waals surface area contributed by atoms with Crippen molar-refractivity contribution in [3.05, 3.63) is 58.3 Å². The molecule has 0 radical (unpaired) electrons. The number of benzene rings is 2. The molecule has 0 atom stereocenters. The minimum Gasteiger partial charge on any atom is -0.366 e. The lowest BCUT2D eigenvalue weighted by atomic mass is 10.2. The van der Waals surface area contributed by atoms with E-state index in [1.54, 1.807) is 0 Å². The number of nitrogens with zero attached hydrogens (tertiary/aromatic N) is 1. The standard InChI is InChI=1S/C13H10BrFN2O4S/c14-9-5-8(13(16)18)6-12(7-9)17(22(19,20)21)11-3-1-10(15)2-4-11/h1-7H,(H2,16,18)(H,19,20,21). The molecule has 116 valence electrons. The van der Waals surface area contributed by atoms with Crippen molar-refractivity contribution in [2.75, 3.05) is 4.31 Å². The van der Waals surface area contributed by atoms with E-state index in [9.17, 15) is 22.2 Å². The topological polar surface area (TPSA) is 101 Å². The lowest BCUT2D eigenvalue weighted by Crippen LogP contribution is -2.25. The van der Waals surface area contributed by atoms with Crippen LogP contribution in [0.4, 0.5) is 15.8 Å². The Labute approximate surface area is 134 Å². The van der Waals surface area contributed by atoms with Crippen molar-refractivity contribution >= 4 is 43.5 Å². The maximum Gasteiger partial charge on any atom is 0.364 e. The Bertz CT molecular complexity index is 824. The highest BCUT2D eigenvalue weighted by atomic mass is 79.9. The smallest absolute Gasteiger partial charge is 0.364 e. The molecule has 0 saturated carbocycles. The Balaban J connectivity index is 2.66. The molecule has 1 amide bonds. The van der Waals surface area contributed by atoms with Crippen LogP contribution in [-0.4, -0.2) is 18.9 Å². The van der Waals surface area contributed by atoms with E-state index >= 15 is 0 Å². The first kappa shape index (κ1) is 16.4.